The Kier molecular flexibility index (Phi) is 5.69. The van der Waals surface area contributed by atoms with Crippen LogP contribution < -0.4 is 0 Å². The summed E-state index contributed by atoms with van der Waals surface area (Å²) in [7, 11) is -1.46. The summed E-state index contributed by atoms with van der Waals surface area (Å²) in [5.41, 5.74) is 1.09. The highest BCUT2D eigenvalue weighted by Crippen LogP contribution is 2.11. The van der Waals surface area contributed by atoms with E-state index in [-0.39, 0.29) is 6.04 Å². The summed E-state index contributed by atoms with van der Waals surface area (Å²) in [6, 6.07) is 4.14. The van der Waals surface area contributed by atoms with Crippen LogP contribution in [0, 0.1) is 5.92 Å². The van der Waals surface area contributed by atoms with E-state index < -0.39 is 8.32 Å². The van der Waals surface area contributed by atoms with Crippen molar-refractivity contribution in [2.24, 2.45) is 10.9 Å². The standard InChI is InChI=1S/C14H24N2OSi/c1-12(2)14(11-17-18(3,4)5)16-10-13-6-8-15-9-7-13/h6-10,12,14H,11H2,1-5H3/t14-/m1/s1. The Morgan fingerprint density at radius 1 is 1.28 bits per heavy atom. The lowest BCUT2D eigenvalue weighted by Gasteiger charge is -2.23. The van der Waals surface area contributed by atoms with E-state index >= 15 is 0 Å². The van der Waals surface area contributed by atoms with Gasteiger partial charge in [-0.15, -0.1) is 0 Å². The SMILES string of the molecule is CC(C)[C@@H](CO[Si](C)(C)C)N=Cc1ccncc1. The van der Waals surface area contributed by atoms with Gasteiger partial charge in [0, 0.05) is 18.6 Å². The zero-order valence-corrected chi connectivity index (χ0v) is 13.1. The quantitative estimate of drug-likeness (QED) is 0.583. The second-order valence-corrected chi connectivity index (χ2v) is 10.3. The van der Waals surface area contributed by atoms with Gasteiger partial charge >= 0.3 is 0 Å². The number of hydrogen-bond donors (Lipinski definition) is 0. The molecule has 0 fully saturated rings. The predicted molar refractivity (Wildman–Crippen MR) is 79.8 cm³/mol. The molecule has 0 aromatic carbocycles. The average molecular weight is 264 g/mol. The molecule has 0 aliphatic carbocycles. The van der Waals surface area contributed by atoms with E-state index in [2.05, 4.69) is 43.5 Å². The van der Waals surface area contributed by atoms with Gasteiger partial charge in [0.15, 0.2) is 8.32 Å². The number of aliphatic imine (C=N–C) groups is 1. The van der Waals surface area contributed by atoms with Gasteiger partial charge in [-0.2, -0.15) is 0 Å². The Bertz CT molecular complexity index is 371. The van der Waals surface area contributed by atoms with Crippen LogP contribution in [0.4, 0.5) is 0 Å². The molecule has 18 heavy (non-hydrogen) atoms. The summed E-state index contributed by atoms with van der Waals surface area (Å²) in [4.78, 5) is 8.64. The van der Waals surface area contributed by atoms with Crippen molar-refractivity contribution in [3.8, 4) is 0 Å². The number of aromatic nitrogens is 1. The van der Waals surface area contributed by atoms with E-state index in [1.165, 1.54) is 0 Å². The van der Waals surface area contributed by atoms with Crippen molar-refractivity contribution in [2.75, 3.05) is 6.61 Å². The molecule has 0 bridgehead atoms. The molecule has 0 N–H and O–H groups in total. The molecule has 3 nitrogen and oxygen atoms in total. The fraction of sp³-hybridized carbons (Fsp3) is 0.571. The maximum absolute atomic E-state index is 5.95. The van der Waals surface area contributed by atoms with E-state index in [9.17, 15) is 0 Å². The van der Waals surface area contributed by atoms with Crippen molar-refractivity contribution >= 4 is 14.5 Å². The number of nitrogens with zero attached hydrogens (tertiary/aromatic N) is 2. The second-order valence-electron chi connectivity index (χ2n) is 5.79. The van der Waals surface area contributed by atoms with E-state index in [0.29, 0.717) is 5.92 Å². The lowest BCUT2D eigenvalue weighted by Crippen LogP contribution is -2.31. The molecule has 0 saturated carbocycles. The van der Waals surface area contributed by atoms with Gasteiger partial charge in [-0.25, -0.2) is 0 Å². The van der Waals surface area contributed by atoms with Crippen LogP contribution in [0.2, 0.25) is 19.6 Å². The van der Waals surface area contributed by atoms with Gasteiger partial charge in [0.25, 0.3) is 0 Å². The van der Waals surface area contributed by atoms with Crippen molar-refractivity contribution in [2.45, 2.75) is 39.5 Å². The summed E-state index contributed by atoms with van der Waals surface area (Å²) in [6.45, 7) is 11.7. The topological polar surface area (TPSA) is 34.5 Å². The lowest BCUT2D eigenvalue weighted by molar-refractivity contribution is 0.255. The van der Waals surface area contributed by atoms with Gasteiger partial charge < -0.3 is 4.43 Å². The average Bonchev–Trinajstić information content (AvgIpc) is 2.28. The summed E-state index contributed by atoms with van der Waals surface area (Å²) in [5.74, 6) is 0.486. The number of rotatable bonds is 6. The van der Waals surface area contributed by atoms with Crippen LogP contribution in [0.3, 0.4) is 0 Å². The monoisotopic (exact) mass is 264 g/mol. The van der Waals surface area contributed by atoms with Gasteiger partial charge in [-0.1, -0.05) is 13.8 Å². The molecule has 1 rings (SSSR count). The molecule has 0 aliphatic heterocycles. The Labute approximate surface area is 111 Å². The first-order valence-corrected chi connectivity index (χ1v) is 9.86. The third-order valence-electron chi connectivity index (χ3n) is 2.58. The fourth-order valence-electron chi connectivity index (χ4n) is 1.37. The van der Waals surface area contributed by atoms with Crippen LogP contribution >= 0.6 is 0 Å². The van der Waals surface area contributed by atoms with Crippen molar-refractivity contribution < 1.29 is 4.43 Å². The molecule has 1 heterocycles. The highest BCUT2D eigenvalue weighted by molar-refractivity contribution is 6.69. The van der Waals surface area contributed by atoms with E-state index in [4.69, 9.17) is 4.43 Å². The zero-order chi connectivity index (χ0) is 13.6. The third kappa shape index (κ3) is 6.07. The zero-order valence-electron chi connectivity index (χ0n) is 12.1. The molecule has 0 radical (unpaired) electrons. The first-order valence-electron chi connectivity index (χ1n) is 6.45. The van der Waals surface area contributed by atoms with Crippen LogP contribution in [0.15, 0.2) is 29.5 Å². The van der Waals surface area contributed by atoms with E-state index in [1.807, 2.05) is 18.3 Å². The minimum absolute atomic E-state index is 0.227. The van der Waals surface area contributed by atoms with Crippen LogP contribution in [0.5, 0.6) is 0 Å². The van der Waals surface area contributed by atoms with Crippen molar-refractivity contribution in [3.63, 3.8) is 0 Å². The molecule has 0 amide bonds. The van der Waals surface area contributed by atoms with Crippen LogP contribution in [-0.2, 0) is 4.43 Å². The third-order valence-corrected chi connectivity index (χ3v) is 3.61. The Hall–Kier alpha value is -1.00. The Balaban J connectivity index is 2.61. The molecule has 1 aromatic heterocycles. The molecule has 0 spiro atoms. The lowest BCUT2D eigenvalue weighted by atomic mass is 10.1. The summed E-state index contributed by atoms with van der Waals surface area (Å²) < 4.78 is 5.95. The molecule has 1 atom stereocenters. The molecular formula is C14H24N2OSi. The number of hydrogen-bond acceptors (Lipinski definition) is 3. The largest absolute Gasteiger partial charge is 0.415 e. The first-order chi connectivity index (χ1) is 8.38. The summed E-state index contributed by atoms with van der Waals surface area (Å²) in [5, 5.41) is 0. The highest BCUT2D eigenvalue weighted by atomic mass is 28.4. The molecule has 0 unspecified atom stereocenters. The summed E-state index contributed by atoms with van der Waals surface area (Å²) in [6.07, 6.45) is 5.48. The van der Waals surface area contributed by atoms with Gasteiger partial charge in [0.2, 0.25) is 0 Å². The molecule has 0 aliphatic rings. The van der Waals surface area contributed by atoms with Gasteiger partial charge in [-0.3, -0.25) is 9.98 Å². The normalized spacial score (nSPS) is 14.3. The molecule has 100 valence electrons. The highest BCUT2D eigenvalue weighted by Gasteiger charge is 2.18. The smallest absolute Gasteiger partial charge is 0.183 e. The predicted octanol–water partition coefficient (Wildman–Crippen LogP) is 3.38. The minimum atomic E-state index is -1.46. The van der Waals surface area contributed by atoms with Gasteiger partial charge in [0.1, 0.15) is 0 Å². The second kappa shape index (κ2) is 6.80. The minimum Gasteiger partial charge on any atom is -0.415 e. The Morgan fingerprint density at radius 3 is 2.39 bits per heavy atom. The fourth-order valence-corrected chi connectivity index (χ4v) is 2.05. The van der Waals surface area contributed by atoms with Crippen molar-refractivity contribution in [3.05, 3.63) is 30.1 Å². The number of pyridine rings is 1. The van der Waals surface area contributed by atoms with E-state index in [0.717, 1.165) is 12.2 Å². The maximum atomic E-state index is 5.95. The van der Waals surface area contributed by atoms with Gasteiger partial charge in [-0.05, 0) is 43.3 Å². The molecular weight excluding hydrogens is 240 g/mol. The molecule has 4 heteroatoms. The Morgan fingerprint density at radius 2 is 1.89 bits per heavy atom. The maximum Gasteiger partial charge on any atom is 0.183 e. The first kappa shape index (κ1) is 15.1. The van der Waals surface area contributed by atoms with Crippen molar-refractivity contribution in [1.82, 2.24) is 4.98 Å². The van der Waals surface area contributed by atoms with Crippen LogP contribution in [0.1, 0.15) is 19.4 Å². The summed E-state index contributed by atoms with van der Waals surface area (Å²) >= 11 is 0. The van der Waals surface area contributed by atoms with E-state index in [1.54, 1.807) is 12.4 Å². The van der Waals surface area contributed by atoms with Crippen molar-refractivity contribution in [1.29, 1.82) is 0 Å². The molecule has 1 aromatic rings. The molecule has 0 saturated heterocycles. The van der Waals surface area contributed by atoms with Gasteiger partial charge in [0.05, 0.1) is 12.6 Å². The van der Waals surface area contributed by atoms with Crippen LogP contribution in [-0.4, -0.2) is 32.2 Å². The van der Waals surface area contributed by atoms with Crippen LogP contribution in [0.25, 0.3) is 0 Å².